The molecule has 0 aliphatic heterocycles. The minimum absolute atomic E-state index is 0.342. The second-order valence-corrected chi connectivity index (χ2v) is 5.44. The third kappa shape index (κ3) is 5.91. The maximum atomic E-state index is 5.82. The first-order valence-electron chi connectivity index (χ1n) is 8.03. The summed E-state index contributed by atoms with van der Waals surface area (Å²) in [7, 11) is 0. The van der Waals surface area contributed by atoms with Gasteiger partial charge >= 0.3 is 0 Å². The van der Waals surface area contributed by atoms with Crippen molar-refractivity contribution in [3.63, 3.8) is 0 Å². The second-order valence-electron chi connectivity index (χ2n) is 5.44. The van der Waals surface area contributed by atoms with Crippen LogP contribution in [0.2, 0.25) is 0 Å². The van der Waals surface area contributed by atoms with Gasteiger partial charge in [0, 0.05) is 18.3 Å². The van der Waals surface area contributed by atoms with Crippen LogP contribution in [0.1, 0.15) is 65.0 Å². The number of aromatic nitrogens is 1. The number of nitrogens with one attached hydrogen (secondary N) is 1. The van der Waals surface area contributed by atoms with Crippen LogP contribution in [0, 0.1) is 5.92 Å². The van der Waals surface area contributed by atoms with Gasteiger partial charge in [0.05, 0.1) is 6.61 Å². The summed E-state index contributed by atoms with van der Waals surface area (Å²) in [4.78, 5) is 4.41. The van der Waals surface area contributed by atoms with E-state index in [0.29, 0.717) is 12.0 Å². The molecule has 1 heterocycles. The van der Waals surface area contributed by atoms with Gasteiger partial charge in [-0.3, -0.25) is 0 Å². The molecule has 0 aliphatic carbocycles. The molecule has 0 bridgehead atoms. The third-order valence-electron chi connectivity index (χ3n) is 3.78. The molecule has 0 saturated heterocycles. The van der Waals surface area contributed by atoms with Crippen LogP contribution in [-0.4, -0.2) is 18.1 Å². The van der Waals surface area contributed by atoms with Crippen molar-refractivity contribution in [1.82, 2.24) is 10.3 Å². The molecule has 1 aromatic heterocycles. The highest BCUT2D eigenvalue weighted by atomic mass is 16.5. The molecule has 3 heteroatoms. The van der Waals surface area contributed by atoms with Crippen LogP contribution in [0.4, 0.5) is 0 Å². The van der Waals surface area contributed by atoms with E-state index in [2.05, 4.69) is 44.1 Å². The van der Waals surface area contributed by atoms with E-state index in [1.165, 1.54) is 31.2 Å². The van der Waals surface area contributed by atoms with Gasteiger partial charge in [0.25, 0.3) is 0 Å². The lowest BCUT2D eigenvalue weighted by molar-refractivity contribution is 0.226. The Hall–Kier alpha value is -1.09. The Morgan fingerprint density at radius 1 is 1.25 bits per heavy atom. The highest BCUT2D eigenvalue weighted by molar-refractivity contribution is 5.20. The van der Waals surface area contributed by atoms with Crippen LogP contribution in [0.25, 0.3) is 0 Å². The maximum absolute atomic E-state index is 5.82. The molecule has 0 fully saturated rings. The molecule has 2 atom stereocenters. The van der Waals surface area contributed by atoms with Gasteiger partial charge in [0.15, 0.2) is 0 Å². The van der Waals surface area contributed by atoms with E-state index >= 15 is 0 Å². The molecule has 1 rings (SSSR count). The molecule has 0 aromatic carbocycles. The lowest BCUT2D eigenvalue weighted by atomic mass is 10.0. The molecule has 2 unspecified atom stereocenters. The van der Waals surface area contributed by atoms with Gasteiger partial charge < -0.3 is 10.1 Å². The maximum Gasteiger partial charge on any atom is 0.213 e. The van der Waals surface area contributed by atoms with Crippen molar-refractivity contribution in [1.29, 1.82) is 0 Å². The second kappa shape index (κ2) is 9.76. The Morgan fingerprint density at radius 2 is 2.05 bits per heavy atom. The van der Waals surface area contributed by atoms with E-state index in [9.17, 15) is 0 Å². The molecule has 0 aliphatic rings. The van der Waals surface area contributed by atoms with E-state index in [1.807, 2.05) is 12.3 Å². The van der Waals surface area contributed by atoms with Gasteiger partial charge in [-0.15, -0.1) is 0 Å². The Balaban J connectivity index is 2.44. The van der Waals surface area contributed by atoms with E-state index in [1.54, 1.807) is 0 Å². The van der Waals surface area contributed by atoms with Crippen molar-refractivity contribution in [2.45, 2.75) is 59.4 Å². The first-order valence-corrected chi connectivity index (χ1v) is 8.03. The monoisotopic (exact) mass is 278 g/mol. The van der Waals surface area contributed by atoms with Crippen LogP contribution < -0.4 is 10.1 Å². The van der Waals surface area contributed by atoms with Gasteiger partial charge in [-0.2, -0.15) is 0 Å². The van der Waals surface area contributed by atoms with Crippen LogP contribution in [0.3, 0.4) is 0 Å². The van der Waals surface area contributed by atoms with E-state index in [4.69, 9.17) is 4.74 Å². The van der Waals surface area contributed by atoms with E-state index in [0.717, 1.165) is 19.0 Å². The van der Waals surface area contributed by atoms with Gasteiger partial charge in [0.2, 0.25) is 5.88 Å². The number of hydrogen-bond acceptors (Lipinski definition) is 3. The first kappa shape index (κ1) is 17.0. The molecule has 0 spiro atoms. The van der Waals surface area contributed by atoms with Gasteiger partial charge in [0.1, 0.15) is 0 Å². The lowest BCUT2D eigenvalue weighted by Gasteiger charge is -2.16. The molecule has 20 heavy (non-hydrogen) atoms. The minimum Gasteiger partial charge on any atom is -0.477 e. The van der Waals surface area contributed by atoms with Crippen LogP contribution in [0.15, 0.2) is 18.3 Å². The van der Waals surface area contributed by atoms with Crippen LogP contribution in [-0.2, 0) is 0 Å². The predicted octanol–water partition coefficient (Wildman–Crippen LogP) is 4.35. The van der Waals surface area contributed by atoms with Crippen molar-refractivity contribution in [3.05, 3.63) is 23.9 Å². The molecule has 0 radical (unpaired) electrons. The molecular weight excluding hydrogens is 248 g/mol. The standard InChI is InChI=1S/C17H30N2O/c1-5-8-9-15(6-2)13-20-17-11-10-16(12-19-17)14(4)18-7-3/h10-12,14-15,18H,5-9,13H2,1-4H3. The largest absolute Gasteiger partial charge is 0.477 e. The number of pyridine rings is 1. The fourth-order valence-corrected chi connectivity index (χ4v) is 2.26. The molecule has 3 nitrogen and oxygen atoms in total. The Labute approximate surface area is 124 Å². The van der Waals surface area contributed by atoms with Gasteiger partial charge in [-0.05, 0) is 31.4 Å². The van der Waals surface area contributed by atoms with Crippen molar-refractivity contribution < 1.29 is 4.74 Å². The first-order chi connectivity index (χ1) is 9.71. The normalized spacial score (nSPS) is 14.0. The summed E-state index contributed by atoms with van der Waals surface area (Å²) in [5, 5.41) is 3.38. The molecule has 114 valence electrons. The minimum atomic E-state index is 0.342. The summed E-state index contributed by atoms with van der Waals surface area (Å²) in [6, 6.07) is 4.42. The smallest absolute Gasteiger partial charge is 0.213 e. The lowest BCUT2D eigenvalue weighted by Crippen LogP contribution is -2.18. The number of nitrogens with zero attached hydrogens (tertiary/aromatic N) is 1. The Bertz CT molecular complexity index is 351. The molecule has 1 aromatic rings. The van der Waals surface area contributed by atoms with E-state index in [-0.39, 0.29) is 0 Å². The van der Waals surface area contributed by atoms with E-state index < -0.39 is 0 Å². The topological polar surface area (TPSA) is 34.1 Å². The fourth-order valence-electron chi connectivity index (χ4n) is 2.26. The average molecular weight is 278 g/mol. The number of hydrogen-bond donors (Lipinski definition) is 1. The SMILES string of the molecule is CCCCC(CC)COc1ccc(C(C)NCC)cn1. The summed E-state index contributed by atoms with van der Waals surface area (Å²) in [5.41, 5.74) is 1.21. The number of rotatable bonds is 10. The molecule has 0 amide bonds. The zero-order valence-corrected chi connectivity index (χ0v) is 13.5. The van der Waals surface area contributed by atoms with Gasteiger partial charge in [-0.25, -0.2) is 4.98 Å². The van der Waals surface area contributed by atoms with Crippen LogP contribution in [0.5, 0.6) is 5.88 Å². The number of unbranched alkanes of at least 4 members (excludes halogenated alkanes) is 1. The fraction of sp³-hybridized carbons (Fsp3) is 0.706. The Kier molecular flexibility index (Phi) is 8.28. The summed E-state index contributed by atoms with van der Waals surface area (Å²) >= 11 is 0. The van der Waals surface area contributed by atoms with Crippen molar-refractivity contribution >= 4 is 0 Å². The van der Waals surface area contributed by atoms with Crippen LogP contribution >= 0.6 is 0 Å². The van der Waals surface area contributed by atoms with Crippen molar-refractivity contribution in [2.24, 2.45) is 5.92 Å². The average Bonchev–Trinajstić information content (AvgIpc) is 2.48. The highest BCUT2D eigenvalue weighted by Gasteiger charge is 2.08. The molecule has 0 saturated carbocycles. The van der Waals surface area contributed by atoms with Gasteiger partial charge in [-0.1, -0.05) is 46.1 Å². The van der Waals surface area contributed by atoms with Crippen molar-refractivity contribution in [3.8, 4) is 5.88 Å². The Morgan fingerprint density at radius 3 is 2.60 bits per heavy atom. The van der Waals surface area contributed by atoms with Crippen molar-refractivity contribution in [2.75, 3.05) is 13.2 Å². The zero-order chi connectivity index (χ0) is 14.8. The predicted molar refractivity (Wildman–Crippen MR) is 85.1 cm³/mol. The molecule has 1 N–H and O–H groups in total. The summed E-state index contributed by atoms with van der Waals surface area (Å²) in [6.07, 6.45) is 6.88. The summed E-state index contributed by atoms with van der Waals surface area (Å²) in [5.74, 6) is 1.39. The summed E-state index contributed by atoms with van der Waals surface area (Å²) in [6.45, 7) is 10.5. The third-order valence-corrected chi connectivity index (χ3v) is 3.78. The number of ether oxygens (including phenoxy) is 1. The quantitative estimate of drug-likeness (QED) is 0.691. The summed E-state index contributed by atoms with van der Waals surface area (Å²) < 4.78 is 5.82. The highest BCUT2D eigenvalue weighted by Crippen LogP contribution is 2.17. The zero-order valence-electron chi connectivity index (χ0n) is 13.5. The molecular formula is C17H30N2O.